The van der Waals surface area contributed by atoms with E-state index in [1.165, 1.54) is 0 Å². The topological polar surface area (TPSA) is 41.9 Å². The van der Waals surface area contributed by atoms with Crippen LogP contribution in [0.15, 0.2) is 59.1 Å². The van der Waals surface area contributed by atoms with Gasteiger partial charge in [0, 0.05) is 25.7 Å². The average Bonchev–Trinajstić information content (AvgIpc) is 2.66. The standard InChI is InChI=1S/C23H32N2O2/c1-8-10-11-18(4)23(20-13-12-17(3)21(15-20)27-7)24-16-19(9-2)14-22(26)25(5)6/h10-15H,4,8-9,16H2,1-3,5-7H3/b11-10-,19-14+,24-23+. The SMILES string of the molecule is C=C(/C=C\CC)/C(=N\C/C(=C/C(=O)N(C)C)CC)c1ccc(C)c(OC)c1. The number of carbonyl (C=O) groups is 1. The van der Waals surface area contributed by atoms with Gasteiger partial charge in [-0.2, -0.15) is 0 Å². The van der Waals surface area contributed by atoms with Gasteiger partial charge in [-0.05, 0) is 42.5 Å². The van der Waals surface area contributed by atoms with Crippen LogP contribution < -0.4 is 4.74 Å². The Kier molecular flexibility index (Phi) is 9.27. The third-order valence-electron chi connectivity index (χ3n) is 4.20. The van der Waals surface area contributed by atoms with Crippen molar-refractivity contribution < 1.29 is 9.53 Å². The van der Waals surface area contributed by atoms with E-state index in [1.807, 2.05) is 38.1 Å². The number of amides is 1. The van der Waals surface area contributed by atoms with E-state index in [9.17, 15) is 4.79 Å². The molecule has 1 amide bonds. The smallest absolute Gasteiger partial charge is 0.246 e. The summed E-state index contributed by atoms with van der Waals surface area (Å²) >= 11 is 0. The number of methoxy groups -OCH3 is 1. The highest BCUT2D eigenvalue weighted by Gasteiger charge is 2.10. The van der Waals surface area contributed by atoms with Crippen LogP contribution in [0.3, 0.4) is 0 Å². The van der Waals surface area contributed by atoms with Gasteiger partial charge in [0.1, 0.15) is 5.75 Å². The summed E-state index contributed by atoms with van der Waals surface area (Å²) in [5.41, 5.74) is 4.67. The molecule has 0 spiro atoms. The molecule has 27 heavy (non-hydrogen) atoms. The summed E-state index contributed by atoms with van der Waals surface area (Å²) < 4.78 is 5.46. The number of hydrogen-bond donors (Lipinski definition) is 0. The van der Waals surface area contributed by atoms with Crippen LogP contribution in [0.25, 0.3) is 0 Å². The highest BCUT2D eigenvalue weighted by molar-refractivity contribution is 6.14. The maximum atomic E-state index is 12.0. The minimum Gasteiger partial charge on any atom is -0.496 e. The number of nitrogens with zero attached hydrogens (tertiary/aromatic N) is 2. The maximum Gasteiger partial charge on any atom is 0.246 e. The number of aliphatic imine (C=N–C) groups is 1. The summed E-state index contributed by atoms with van der Waals surface area (Å²) in [6.07, 6.45) is 7.42. The second-order valence-electron chi connectivity index (χ2n) is 6.57. The largest absolute Gasteiger partial charge is 0.496 e. The van der Waals surface area contributed by atoms with Crippen molar-refractivity contribution in [3.8, 4) is 5.75 Å². The van der Waals surface area contributed by atoms with Crippen molar-refractivity contribution in [2.24, 2.45) is 4.99 Å². The Balaban J connectivity index is 3.29. The Labute approximate surface area is 163 Å². The minimum atomic E-state index is -0.0229. The van der Waals surface area contributed by atoms with Crippen LogP contribution in [0, 0.1) is 6.92 Å². The molecule has 1 rings (SSSR count). The number of benzene rings is 1. The molecule has 0 N–H and O–H groups in total. The predicted molar refractivity (Wildman–Crippen MR) is 115 cm³/mol. The summed E-state index contributed by atoms with van der Waals surface area (Å²) in [6.45, 7) is 10.8. The first kappa shape index (κ1) is 22.4. The summed E-state index contributed by atoms with van der Waals surface area (Å²) in [5.74, 6) is 0.798. The quantitative estimate of drug-likeness (QED) is 0.359. The Morgan fingerprint density at radius 2 is 2.00 bits per heavy atom. The van der Waals surface area contributed by atoms with Gasteiger partial charge >= 0.3 is 0 Å². The van der Waals surface area contributed by atoms with Crippen molar-refractivity contribution in [1.29, 1.82) is 0 Å². The van der Waals surface area contributed by atoms with E-state index in [0.717, 1.165) is 46.6 Å². The Morgan fingerprint density at radius 3 is 2.56 bits per heavy atom. The van der Waals surface area contributed by atoms with Gasteiger partial charge < -0.3 is 9.64 Å². The molecule has 0 aliphatic heterocycles. The molecule has 0 atom stereocenters. The molecule has 0 fully saturated rings. The van der Waals surface area contributed by atoms with E-state index in [-0.39, 0.29) is 5.91 Å². The van der Waals surface area contributed by atoms with E-state index in [1.54, 1.807) is 32.2 Å². The van der Waals surface area contributed by atoms with Crippen LogP contribution in [0.4, 0.5) is 0 Å². The first-order valence-electron chi connectivity index (χ1n) is 9.29. The van der Waals surface area contributed by atoms with Crippen LogP contribution in [0.2, 0.25) is 0 Å². The Hall–Kier alpha value is -2.62. The number of carbonyl (C=O) groups excluding carboxylic acids is 1. The number of ether oxygens (including phenoxy) is 1. The zero-order chi connectivity index (χ0) is 20.4. The summed E-state index contributed by atoms with van der Waals surface area (Å²) in [4.78, 5) is 18.3. The van der Waals surface area contributed by atoms with Crippen LogP contribution in [-0.4, -0.2) is 44.3 Å². The van der Waals surface area contributed by atoms with Gasteiger partial charge in [0.05, 0.1) is 19.4 Å². The molecule has 0 saturated carbocycles. The van der Waals surface area contributed by atoms with Gasteiger partial charge in [-0.25, -0.2) is 0 Å². The van der Waals surface area contributed by atoms with Gasteiger partial charge in [-0.15, -0.1) is 0 Å². The normalized spacial score (nSPS) is 12.4. The van der Waals surface area contributed by atoms with Crippen molar-refractivity contribution in [2.45, 2.75) is 33.6 Å². The summed E-state index contributed by atoms with van der Waals surface area (Å²) in [5, 5.41) is 0. The van der Waals surface area contributed by atoms with Crippen molar-refractivity contribution >= 4 is 11.6 Å². The number of allylic oxidation sites excluding steroid dienone is 3. The molecule has 146 valence electrons. The minimum absolute atomic E-state index is 0.0229. The fourth-order valence-electron chi connectivity index (χ4n) is 2.43. The first-order valence-corrected chi connectivity index (χ1v) is 9.29. The van der Waals surface area contributed by atoms with Crippen molar-refractivity contribution in [3.63, 3.8) is 0 Å². The lowest BCUT2D eigenvalue weighted by Gasteiger charge is -2.12. The Morgan fingerprint density at radius 1 is 1.30 bits per heavy atom. The van der Waals surface area contributed by atoms with Crippen LogP contribution in [-0.2, 0) is 4.79 Å². The first-order chi connectivity index (χ1) is 12.8. The molecule has 0 bridgehead atoms. The average molecular weight is 369 g/mol. The molecule has 0 aromatic heterocycles. The molecule has 0 unspecified atom stereocenters. The van der Waals surface area contributed by atoms with Crippen molar-refractivity contribution in [1.82, 2.24) is 4.90 Å². The van der Waals surface area contributed by atoms with Gasteiger partial charge in [-0.3, -0.25) is 9.79 Å². The molecule has 0 radical (unpaired) electrons. The third kappa shape index (κ3) is 6.89. The van der Waals surface area contributed by atoms with E-state index in [4.69, 9.17) is 9.73 Å². The molecule has 4 heteroatoms. The van der Waals surface area contributed by atoms with Crippen molar-refractivity contribution in [2.75, 3.05) is 27.7 Å². The molecular weight excluding hydrogens is 336 g/mol. The third-order valence-corrected chi connectivity index (χ3v) is 4.20. The highest BCUT2D eigenvalue weighted by atomic mass is 16.5. The van der Waals surface area contributed by atoms with E-state index < -0.39 is 0 Å². The number of aryl methyl sites for hydroxylation is 1. The van der Waals surface area contributed by atoms with Gasteiger partial charge in [-0.1, -0.05) is 44.7 Å². The second-order valence-corrected chi connectivity index (χ2v) is 6.57. The highest BCUT2D eigenvalue weighted by Crippen LogP contribution is 2.22. The Bertz CT molecular complexity index is 756. The second kappa shape index (κ2) is 11.2. The lowest BCUT2D eigenvalue weighted by Crippen LogP contribution is -2.19. The summed E-state index contributed by atoms with van der Waals surface area (Å²) in [6, 6.07) is 6.04. The van der Waals surface area contributed by atoms with E-state index in [0.29, 0.717) is 6.54 Å². The number of likely N-dealkylation sites (N-methyl/N-ethyl adjacent to an activating group) is 1. The van der Waals surface area contributed by atoms with Gasteiger partial charge in [0.15, 0.2) is 0 Å². The molecule has 0 aliphatic carbocycles. The van der Waals surface area contributed by atoms with Gasteiger partial charge in [0.2, 0.25) is 5.91 Å². The lowest BCUT2D eigenvalue weighted by molar-refractivity contribution is -0.123. The fourth-order valence-corrected chi connectivity index (χ4v) is 2.43. The molecule has 4 nitrogen and oxygen atoms in total. The lowest BCUT2D eigenvalue weighted by atomic mass is 10.0. The zero-order valence-electron chi connectivity index (χ0n) is 17.5. The summed E-state index contributed by atoms with van der Waals surface area (Å²) in [7, 11) is 5.16. The molecule has 0 aliphatic rings. The van der Waals surface area contributed by atoms with Crippen LogP contribution in [0.1, 0.15) is 37.8 Å². The van der Waals surface area contributed by atoms with E-state index in [2.05, 4.69) is 19.6 Å². The molecule has 0 heterocycles. The maximum absolute atomic E-state index is 12.0. The monoisotopic (exact) mass is 368 g/mol. The van der Waals surface area contributed by atoms with Crippen LogP contribution >= 0.6 is 0 Å². The predicted octanol–water partition coefficient (Wildman–Crippen LogP) is 4.74. The van der Waals surface area contributed by atoms with Crippen LogP contribution in [0.5, 0.6) is 5.75 Å². The molecule has 1 aromatic rings. The van der Waals surface area contributed by atoms with E-state index >= 15 is 0 Å². The molecular formula is C23H32N2O2. The number of rotatable bonds is 9. The molecule has 0 saturated heterocycles. The molecule has 1 aromatic carbocycles. The zero-order valence-corrected chi connectivity index (χ0v) is 17.5. The van der Waals surface area contributed by atoms with Gasteiger partial charge in [0.25, 0.3) is 0 Å². The van der Waals surface area contributed by atoms with Crippen molar-refractivity contribution in [3.05, 3.63) is 65.3 Å². The number of hydrogen-bond acceptors (Lipinski definition) is 3. The fraction of sp³-hybridized carbons (Fsp3) is 0.391.